The number of carbonyl (C=O) groups is 1. The fourth-order valence-corrected chi connectivity index (χ4v) is 1.76. The largest absolute Gasteiger partial charge is 0.480 e. The average molecular weight is 239 g/mol. The Morgan fingerprint density at radius 2 is 2.29 bits per heavy atom. The minimum Gasteiger partial charge on any atom is -0.480 e. The van der Waals surface area contributed by atoms with Gasteiger partial charge in [0, 0.05) is 31.4 Å². The predicted octanol–water partition coefficient (Wildman–Crippen LogP) is 1.29. The van der Waals surface area contributed by atoms with Crippen molar-refractivity contribution in [2.24, 2.45) is 0 Å². The van der Waals surface area contributed by atoms with Crippen LogP contribution in [-0.4, -0.2) is 32.7 Å². The second-order valence-corrected chi connectivity index (χ2v) is 4.46. The molecular weight excluding hydrogens is 218 g/mol. The summed E-state index contributed by atoms with van der Waals surface area (Å²) in [6.07, 6.45) is 5.44. The van der Waals surface area contributed by atoms with Crippen molar-refractivity contribution in [3.63, 3.8) is 0 Å². The molecule has 0 amide bonds. The number of carboxylic acid groups (broad SMARTS) is 1. The number of hydrogen-bond acceptors (Lipinski definition) is 3. The van der Waals surface area contributed by atoms with Gasteiger partial charge in [0.25, 0.3) is 0 Å². The molecule has 5 nitrogen and oxygen atoms in total. The number of rotatable bonds is 7. The molecule has 1 unspecified atom stereocenters. The number of nitrogens with zero attached hydrogens (tertiary/aromatic N) is 2. The first-order valence-electron chi connectivity index (χ1n) is 6.03. The van der Waals surface area contributed by atoms with Crippen LogP contribution in [0.1, 0.15) is 33.0 Å². The summed E-state index contributed by atoms with van der Waals surface area (Å²) in [4.78, 5) is 15.4. The summed E-state index contributed by atoms with van der Waals surface area (Å²) >= 11 is 0. The Balaban J connectivity index is 2.71. The molecule has 0 fully saturated rings. The first-order chi connectivity index (χ1) is 8.04. The van der Waals surface area contributed by atoms with Crippen molar-refractivity contribution >= 4 is 5.97 Å². The van der Waals surface area contributed by atoms with E-state index < -0.39 is 12.0 Å². The Labute approximate surface area is 102 Å². The van der Waals surface area contributed by atoms with Crippen molar-refractivity contribution in [1.82, 2.24) is 14.9 Å². The van der Waals surface area contributed by atoms with Gasteiger partial charge >= 0.3 is 5.97 Å². The van der Waals surface area contributed by atoms with Gasteiger partial charge in [-0.1, -0.05) is 20.8 Å². The first kappa shape index (κ1) is 13.7. The van der Waals surface area contributed by atoms with E-state index in [1.165, 1.54) is 0 Å². The molecule has 0 saturated heterocycles. The zero-order valence-electron chi connectivity index (χ0n) is 10.7. The van der Waals surface area contributed by atoms with Crippen LogP contribution in [-0.2, 0) is 17.8 Å². The number of carboxylic acids is 1. The summed E-state index contributed by atoms with van der Waals surface area (Å²) in [5.74, 6) is 0.124. The van der Waals surface area contributed by atoms with Crippen molar-refractivity contribution in [1.29, 1.82) is 0 Å². The van der Waals surface area contributed by atoms with Gasteiger partial charge in [-0.2, -0.15) is 0 Å². The van der Waals surface area contributed by atoms with Gasteiger partial charge in [0.2, 0.25) is 0 Å². The lowest BCUT2D eigenvalue weighted by atomic mass is 10.2. The second kappa shape index (κ2) is 6.39. The van der Waals surface area contributed by atoms with Crippen LogP contribution in [0.5, 0.6) is 0 Å². The molecule has 0 aliphatic heterocycles. The zero-order valence-corrected chi connectivity index (χ0v) is 10.7. The molecule has 0 saturated carbocycles. The van der Waals surface area contributed by atoms with Crippen LogP contribution in [0, 0.1) is 0 Å². The smallest absolute Gasteiger partial charge is 0.322 e. The van der Waals surface area contributed by atoms with E-state index in [2.05, 4.69) is 17.2 Å². The van der Waals surface area contributed by atoms with E-state index in [4.69, 9.17) is 5.11 Å². The lowest BCUT2D eigenvalue weighted by molar-refractivity contribution is -0.140. The van der Waals surface area contributed by atoms with E-state index in [1.807, 2.05) is 24.6 Å². The third-order valence-corrected chi connectivity index (χ3v) is 2.49. The van der Waals surface area contributed by atoms with Gasteiger partial charge in [-0.15, -0.1) is 0 Å². The summed E-state index contributed by atoms with van der Waals surface area (Å²) in [5.41, 5.74) is 0. The van der Waals surface area contributed by atoms with Crippen LogP contribution in [0.3, 0.4) is 0 Å². The summed E-state index contributed by atoms with van der Waals surface area (Å²) < 4.78 is 1.91. The van der Waals surface area contributed by atoms with Crippen LogP contribution in [0.25, 0.3) is 0 Å². The Kier molecular flexibility index (Phi) is 5.15. The zero-order chi connectivity index (χ0) is 12.8. The van der Waals surface area contributed by atoms with Gasteiger partial charge in [-0.05, 0) is 6.42 Å². The minimum atomic E-state index is -0.824. The van der Waals surface area contributed by atoms with E-state index in [9.17, 15) is 4.79 Å². The number of aliphatic carboxylic acids is 1. The Bertz CT molecular complexity index is 360. The molecule has 0 aromatic carbocycles. The maximum absolute atomic E-state index is 11.1. The predicted molar refractivity (Wildman–Crippen MR) is 65.9 cm³/mol. The molecule has 0 bridgehead atoms. The van der Waals surface area contributed by atoms with Crippen LogP contribution in [0.2, 0.25) is 0 Å². The highest BCUT2D eigenvalue weighted by atomic mass is 16.4. The number of hydrogen-bond donors (Lipinski definition) is 2. The molecule has 0 aliphatic carbocycles. The van der Waals surface area contributed by atoms with Crippen molar-refractivity contribution < 1.29 is 9.90 Å². The molecule has 1 rings (SSSR count). The van der Waals surface area contributed by atoms with Crippen molar-refractivity contribution in [2.45, 2.75) is 52.2 Å². The van der Waals surface area contributed by atoms with E-state index in [-0.39, 0.29) is 6.04 Å². The molecule has 1 aromatic rings. The molecule has 1 heterocycles. The van der Waals surface area contributed by atoms with E-state index >= 15 is 0 Å². The molecular formula is C12H21N3O2. The normalized spacial score (nSPS) is 12.9. The Morgan fingerprint density at radius 1 is 1.59 bits per heavy atom. The first-order valence-corrected chi connectivity index (χ1v) is 6.03. The fraction of sp³-hybridized carbons (Fsp3) is 0.667. The third-order valence-electron chi connectivity index (χ3n) is 2.49. The summed E-state index contributed by atoms with van der Waals surface area (Å²) in [5, 5.41) is 12.2. The molecule has 2 N–H and O–H groups in total. The average Bonchev–Trinajstić information content (AvgIpc) is 2.64. The summed E-state index contributed by atoms with van der Waals surface area (Å²) in [6, 6.07) is -0.422. The SMILES string of the molecule is CCCc1nccn1CC(NC(C)C)C(=O)O. The Hall–Kier alpha value is -1.36. The molecule has 1 aromatic heterocycles. The molecule has 0 aliphatic rings. The topological polar surface area (TPSA) is 67.2 Å². The van der Waals surface area contributed by atoms with E-state index in [0.29, 0.717) is 6.54 Å². The summed E-state index contributed by atoms with van der Waals surface area (Å²) in [7, 11) is 0. The molecule has 96 valence electrons. The highest BCUT2D eigenvalue weighted by molar-refractivity contribution is 5.73. The third kappa shape index (κ3) is 4.19. The monoisotopic (exact) mass is 239 g/mol. The van der Waals surface area contributed by atoms with Crippen molar-refractivity contribution in [3.8, 4) is 0 Å². The summed E-state index contributed by atoms with van der Waals surface area (Å²) in [6.45, 7) is 6.39. The molecule has 0 spiro atoms. The number of nitrogens with one attached hydrogen (secondary N) is 1. The van der Waals surface area contributed by atoms with Crippen molar-refractivity contribution in [2.75, 3.05) is 0 Å². The van der Waals surface area contributed by atoms with Gasteiger partial charge in [0.05, 0.1) is 0 Å². The van der Waals surface area contributed by atoms with Gasteiger partial charge in [0.1, 0.15) is 11.9 Å². The van der Waals surface area contributed by atoms with Gasteiger partial charge in [-0.3, -0.25) is 4.79 Å². The maximum Gasteiger partial charge on any atom is 0.322 e. The second-order valence-electron chi connectivity index (χ2n) is 4.46. The van der Waals surface area contributed by atoms with E-state index in [1.54, 1.807) is 6.20 Å². The van der Waals surface area contributed by atoms with E-state index in [0.717, 1.165) is 18.7 Å². The van der Waals surface area contributed by atoms with Crippen molar-refractivity contribution in [3.05, 3.63) is 18.2 Å². The number of aryl methyl sites for hydroxylation is 1. The van der Waals surface area contributed by atoms with Crippen LogP contribution >= 0.6 is 0 Å². The number of imidazole rings is 1. The minimum absolute atomic E-state index is 0.147. The highest BCUT2D eigenvalue weighted by Crippen LogP contribution is 2.03. The molecule has 0 radical (unpaired) electrons. The van der Waals surface area contributed by atoms with Gasteiger partial charge < -0.3 is 15.0 Å². The van der Waals surface area contributed by atoms with Gasteiger partial charge in [0.15, 0.2) is 0 Å². The molecule has 17 heavy (non-hydrogen) atoms. The Morgan fingerprint density at radius 3 is 2.82 bits per heavy atom. The van der Waals surface area contributed by atoms with Crippen LogP contribution in [0.4, 0.5) is 0 Å². The molecule has 1 atom stereocenters. The van der Waals surface area contributed by atoms with Crippen LogP contribution in [0.15, 0.2) is 12.4 Å². The van der Waals surface area contributed by atoms with Crippen LogP contribution < -0.4 is 5.32 Å². The van der Waals surface area contributed by atoms with Gasteiger partial charge in [-0.25, -0.2) is 4.98 Å². The quantitative estimate of drug-likeness (QED) is 0.752. The maximum atomic E-state index is 11.1. The standard InChI is InChI=1S/C12H21N3O2/c1-4-5-11-13-6-7-15(11)8-10(12(16)17)14-9(2)3/h6-7,9-10,14H,4-5,8H2,1-3H3,(H,16,17). The fourth-order valence-electron chi connectivity index (χ4n) is 1.76. The highest BCUT2D eigenvalue weighted by Gasteiger charge is 2.19. The lowest BCUT2D eigenvalue weighted by Gasteiger charge is -2.18. The lowest BCUT2D eigenvalue weighted by Crippen LogP contribution is -2.43. The number of aromatic nitrogens is 2. The molecule has 5 heteroatoms.